The first-order valence-corrected chi connectivity index (χ1v) is 10.4. The molecule has 3 N–H and O–H groups in total. The molecule has 160 valence electrons. The van der Waals surface area contributed by atoms with E-state index in [1.807, 2.05) is 66.6 Å². The Kier molecular flexibility index (Phi) is 6.32. The molecule has 0 radical (unpaired) electrons. The average Bonchev–Trinajstić information content (AvgIpc) is 2.83. The highest BCUT2D eigenvalue weighted by atomic mass is 16.7. The zero-order chi connectivity index (χ0) is 21.7. The summed E-state index contributed by atoms with van der Waals surface area (Å²) in [6.45, 7) is 3.40. The first-order chi connectivity index (χ1) is 15.2. The molecule has 1 aliphatic heterocycles. The molecule has 0 saturated carbocycles. The minimum absolute atomic E-state index is 0.373. The van der Waals surface area contributed by atoms with Crippen molar-refractivity contribution < 1.29 is 9.57 Å². The van der Waals surface area contributed by atoms with Gasteiger partial charge in [0.15, 0.2) is 5.66 Å². The SMILES string of the molecule is CCON(Cc1ccccc1)C1(c2cc(OC)ccc2CN)N=CNc2ccccc21. The Morgan fingerprint density at radius 3 is 2.52 bits per heavy atom. The summed E-state index contributed by atoms with van der Waals surface area (Å²) in [7, 11) is 1.66. The molecule has 1 atom stereocenters. The van der Waals surface area contributed by atoms with Gasteiger partial charge in [-0.05, 0) is 36.2 Å². The van der Waals surface area contributed by atoms with Crippen molar-refractivity contribution >= 4 is 12.0 Å². The second-order valence-electron chi connectivity index (χ2n) is 7.29. The summed E-state index contributed by atoms with van der Waals surface area (Å²) >= 11 is 0. The Labute approximate surface area is 183 Å². The van der Waals surface area contributed by atoms with Crippen molar-refractivity contribution in [3.63, 3.8) is 0 Å². The third kappa shape index (κ3) is 3.93. The fourth-order valence-corrected chi connectivity index (χ4v) is 4.07. The highest BCUT2D eigenvalue weighted by molar-refractivity contribution is 5.82. The maximum absolute atomic E-state index is 6.28. The molecule has 0 aromatic heterocycles. The van der Waals surface area contributed by atoms with Gasteiger partial charge in [-0.25, -0.2) is 4.99 Å². The van der Waals surface area contributed by atoms with Crippen LogP contribution < -0.4 is 15.8 Å². The van der Waals surface area contributed by atoms with Gasteiger partial charge in [0.1, 0.15) is 5.75 Å². The lowest BCUT2D eigenvalue weighted by Crippen LogP contribution is -2.48. The predicted octanol–water partition coefficient (Wildman–Crippen LogP) is 4.26. The minimum Gasteiger partial charge on any atom is -0.497 e. The number of nitrogens with zero attached hydrogens (tertiary/aromatic N) is 2. The summed E-state index contributed by atoms with van der Waals surface area (Å²) in [5, 5.41) is 5.23. The summed E-state index contributed by atoms with van der Waals surface area (Å²) in [6.07, 6.45) is 1.74. The Morgan fingerprint density at radius 2 is 1.77 bits per heavy atom. The molecular weight excluding hydrogens is 388 g/mol. The number of para-hydroxylation sites is 1. The smallest absolute Gasteiger partial charge is 0.190 e. The lowest BCUT2D eigenvalue weighted by Gasteiger charge is -2.43. The van der Waals surface area contributed by atoms with Gasteiger partial charge in [0.2, 0.25) is 0 Å². The number of nitrogens with two attached hydrogens (primary N) is 1. The zero-order valence-electron chi connectivity index (χ0n) is 17.9. The normalized spacial score (nSPS) is 17.3. The fraction of sp³-hybridized carbons (Fsp3) is 0.240. The molecule has 1 aliphatic rings. The van der Waals surface area contributed by atoms with Crippen molar-refractivity contribution in [2.45, 2.75) is 25.7 Å². The van der Waals surface area contributed by atoms with Crippen LogP contribution in [0.25, 0.3) is 0 Å². The number of nitrogens with one attached hydrogen (secondary N) is 1. The van der Waals surface area contributed by atoms with Gasteiger partial charge in [-0.3, -0.25) is 4.84 Å². The van der Waals surface area contributed by atoms with Crippen LogP contribution in [-0.4, -0.2) is 25.1 Å². The third-order valence-corrected chi connectivity index (χ3v) is 5.50. The van der Waals surface area contributed by atoms with Crippen LogP contribution in [0.3, 0.4) is 0 Å². The van der Waals surface area contributed by atoms with E-state index < -0.39 is 5.66 Å². The Bertz CT molecular complexity index is 1050. The highest BCUT2D eigenvalue weighted by Crippen LogP contribution is 2.45. The number of benzene rings is 3. The number of hydrogen-bond donors (Lipinski definition) is 2. The molecule has 1 heterocycles. The lowest BCUT2D eigenvalue weighted by molar-refractivity contribution is -0.218. The number of anilines is 1. The molecule has 1 unspecified atom stereocenters. The van der Waals surface area contributed by atoms with E-state index in [1.165, 1.54) is 0 Å². The number of rotatable bonds is 8. The maximum atomic E-state index is 6.28. The van der Waals surface area contributed by atoms with Crippen molar-refractivity contribution in [3.8, 4) is 5.75 Å². The first-order valence-electron chi connectivity index (χ1n) is 10.4. The van der Waals surface area contributed by atoms with Gasteiger partial charge in [-0.1, -0.05) is 54.6 Å². The quantitative estimate of drug-likeness (QED) is 0.537. The Balaban J connectivity index is 1.98. The fourth-order valence-electron chi connectivity index (χ4n) is 4.07. The van der Waals surface area contributed by atoms with Crippen LogP contribution in [0.15, 0.2) is 77.8 Å². The van der Waals surface area contributed by atoms with Crippen LogP contribution in [0.2, 0.25) is 0 Å². The number of ether oxygens (including phenoxy) is 1. The van der Waals surface area contributed by atoms with Crippen LogP contribution in [0, 0.1) is 0 Å². The van der Waals surface area contributed by atoms with Crippen LogP contribution in [0.5, 0.6) is 5.75 Å². The van der Waals surface area contributed by atoms with Crippen molar-refractivity contribution in [1.29, 1.82) is 0 Å². The van der Waals surface area contributed by atoms with Gasteiger partial charge in [0.05, 0.1) is 26.6 Å². The van der Waals surface area contributed by atoms with Gasteiger partial charge in [-0.2, -0.15) is 0 Å². The Morgan fingerprint density at radius 1 is 1.00 bits per heavy atom. The average molecular weight is 417 g/mol. The second kappa shape index (κ2) is 9.31. The molecule has 6 nitrogen and oxygen atoms in total. The van der Waals surface area contributed by atoms with Crippen molar-refractivity contribution in [2.75, 3.05) is 19.0 Å². The Hall–Kier alpha value is -3.19. The van der Waals surface area contributed by atoms with E-state index in [0.717, 1.165) is 33.7 Å². The van der Waals surface area contributed by atoms with Gasteiger partial charge < -0.3 is 15.8 Å². The molecule has 4 rings (SSSR count). The van der Waals surface area contributed by atoms with E-state index >= 15 is 0 Å². The van der Waals surface area contributed by atoms with Crippen molar-refractivity contribution in [1.82, 2.24) is 5.06 Å². The summed E-state index contributed by atoms with van der Waals surface area (Å²) in [4.78, 5) is 11.3. The molecule has 6 heteroatoms. The summed E-state index contributed by atoms with van der Waals surface area (Å²) in [5.74, 6) is 0.744. The lowest BCUT2D eigenvalue weighted by atomic mass is 9.85. The van der Waals surface area contributed by atoms with Crippen LogP contribution in [0.4, 0.5) is 5.69 Å². The highest BCUT2D eigenvalue weighted by Gasteiger charge is 2.45. The van der Waals surface area contributed by atoms with E-state index in [9.17, 15) is 0 Å². The number of hydrogen-bond acceptors (Lipinski definition) is 6. The maximum Gasteiger partial charge on any atom is 0.190 e. The number of fused-ring (bicyclic) bond motifs is 1. The van der Waals surface area contributed by atoms with Crippen molar-refractivity contribution in [3.05, 3.63) is 95.1 Å². The van der Waals surface area contributed by atoms with Gasteiger partial charge >= 0.3 is 0 Å². The van der Waals surface area contributed by atoms with E-state index in [-0.39, 0.29) is 0 Å². The van der Waals surface area contributed by atoms with E-state index in [2.05, 4.69) is 23.5 Å². The summed E-state index contributed by atoms with van der Waals surface area (Å²) < 4.78 is 5.57. The minimum atomic E-state index is -0.934. The molecule has 0 saturated heterocycles. The monoisotopic (exact) mass is 416 g/mol. The van der Waals surface area contributed by atoms with E-state index in [0.29, 0.717) is 19.7 Å². The van der Waals surface area contributed by atoms with Crippen LogP contribution >= 0.6 is 0 Å². The molecule has 0 bridgehead atoms. The summed E-state index contributed by atoms with van der Waals surface area (Å²) in [5.41, 5.74) is 10.3. The van der Waals surface area contributed by atoms with Gasteiger partial charge in [0.25, 0.3) is 0 Å². The first kappa shape index (κ1) is 21.1. The zero-order valence-corrected chi connectivity index (χ0v) is 17.9. The number of aliphatic imine (C=N–C) groups is 1. The number of methoxy groups -OCH3 is 1. The molecular formula is C25H28N4O2. The molecule has 3 aromatic carbocycles. The molecule has 0 spiro atoms. The van der Waals surface area contributed by atoms with Crippen molar-refractivity contribution in [2.24, 2.45) is 10.7 Å². The molecule has 0 amide bonds. The predicted molar refractivity (Wildman–Crippen MR) is 124 cm³/mol. The third-order valence-electron chi connectivity index (χ3n) is 5.50. The van der Waals surface area contributed by atoms with Gasteiger partial charge in [0, 0.05) is 23.4 Å². The standard InChI is InChI=1S/C25H28N4O2/c1-3-31-29(17-19-9-5-4-6-10-19)25(22-11-7-8-12-24(22)27-18-28-25)23-15-21(30-2)14-13-20(23)16-26/h4-15,18H,3,16-17,26H2,1-2H3,(H,27,28). The van der Waals surface area contributed by atoms with E-state index in [4.69, 9.17) is 20.3 Å². The van der Waals surface area contributed by atoms with Crippen LogP contribution in [-0.2, 0) is 23.6 Å². The number of hydroxylamine groups is 2. The van der Waals surface area contributed by atoms with E-state index in [1.54, 1.807) is 13.4 Å². The second-order valence-corrected chi connectivity index (χ2v) is 7.29. The summed E-state index contributed by atoms with van der Waals surface area (Å²) in [6, 6.07) is 24.3. The molecule has 0 fully saturated rings. The van der Waals surface area contributed by atoms with Crippen LogP contribution in [0.1, 0.15) is 29.2 Å². The molecule has 0 aliphatic carbocycles. The topological polar surface area (TPSA) is 72.1 Å². The largest absolute Gasteiger partial charge is 0.497 e. The van der Waals surface area contributed by atoms with Gasteiger partial charge in [-0.15, -0.1) is 5.06 Å². The molecule has 31 heavy (non-hydrogen) atoms. The molecule has 3 aromatic rings.